The predicted octanol–water partition coefficient (Wildman–Crippen LogP) is 2.66. The van der Waals surface area contributed by atoms with Crippen molar-refractivity contribution in [2.24, 2.45) is 5.92 Å². The summed E-state index contributed by atoms with van der Waals surface area (Å²) in [5, 5.41) is 0. The van der Waals surface area contributed by atoms with Gasteiger partial charge in [0.25, 0.3) is 0 Å². The van der Waals surface area contributed by atoms with E-state index < -0.39 is 0 Å². The molecule has 0 saturated heterocycles. The van der Waals surface area contributed by atoms with Gasteiger partial charge in [0.05, 0.1) is 18.7 Å². The molecule has 0 radical (unpaired) electrons. The Balaban J connectivity index is 3.72. The highest BCUT2D eigenvalue weighted by Crippen LogP contribution is 2.17. The second-order valence-corrected chi connectivity index (χ2v) is 2.29. The molecule has 0 heterocycles. The van der Waals surface area contributed by atoms with Crippen LogP contribution in [0.3, 0.4) is 0 Å². The summed E-state index contributed by atoms with van der Waals surface area (Å²) in [6.45, 7) is 8.59. The molecule has 10 heavy (non-hydrogen) atoms. The third-order valence-corrected chi connectivity index (χ3v) is 1.34. The Bertz CT molecular complexity index is 140. The normalized spacial score (nSPS) is 12.3. The lowest BCUT2D eigenvalue weighted by Gasteiger charge is -2.10. The van der Waals surface area contributed by atoms with Crippen LogP contribution in [0.15, 0.2) is 24.7 Å². The lowest BCUT2D eigenvalue weighted by atomic mass is 10.1. The molecule has 0 saturated carbocycles. The van der Waals surface area contributed by atoms with Gasteiger partial charge < -0.3 is 4.74 Å². The van der Waals surface area contributed by atoms with Crippen molar-refractivity contribution in [3.05, 3.63) is 24.7 Å². The van der Waals surface area contributed by atoms with Gasteiger partial charge >= 0.3 is 0 Å². The summed E-state index contributed by atoms with van der Waals surface area (Å²) in [7, 11) is 1.53. The standard InChI is InChI=1S/C8H13FO/c1-6(5-7(2)9)8(3)10-4/h6H,2-3,5H2,1,4H3. The maximum atomic E-state index is 12.2. The van der Waals surface area contributed by atoms with Crippen molar-refractivity contribution in [3.63, 3.8) is 0 Å². The first-order valence-corrected chi connectivity index (χ1v) is 3.14. The van der Waals surface area contributed by atoms with E-state index in [9.17, 15) is 4.39 Å². The summed E-state index contributed by atoms with van der Waals surface area (Å²) in [4.78, 5) is 0. The first-order chi connectivity index (χ1) is 4.57. The summed E-state index contributed by atoms with van der Waals surface area (Å²) >= 11 is 0. The molecule has 0 bridgehead atoms. The molecule has 58 valence electrons. The van der Waals surface area contributed by atoms with Gasteiger partial charge in [0.15, 0.2) is 0 Å². The van der Waals surface area contributed by atoms with E-state index in [2.05, 4.69) is 13.2 Å². The van der Waals surface area contributed by atoms with Gasteiger partial charge in [-0.2, -0.15) is 0 Å². The van der Waals surface area contributed by atoms with Gasteiger partial charge in [0.1, 0.15) is 0 Å². The van der Waals surface area contributed by atoms with Crippen LogP contribution in [0.1, 0.15) is 13.3 Å². The van der Waals surface area contributed by atoms with Crippen molar-refractivity contribution < 1.29 is 9.13 Å². The van der Waals surface area contributed by atoms with Crippen molar-refractivity contribution in [2.75, 3.05) is 7.11 Å². The average Bonchev–Trinajstić information content (AvgIpc) is 1.85. The predicted molar refractivity (Wildman–Crippen MR) is 40.2 cm³/mol. The van der Waals surface area contributed by atoms with E-state index in [1.807, 2.05) is 6.92 Å². The van der Waals surface area contributed by atoms with E-state index in [1.54, 1.807) is 0 Å². The highest BCUT2D eigenvalue weighted by Gasteiger charge is 2.07. The quantitative estimate of drug-likeness (QED) is 0.551. The molecule has 0 aromatic heterocycles. The third-order valence-electron chi connectivity index (χ3n) is 1.34. The minimum Gasteiger partial charge on any atom is -0.501 e. The molecule has 0 N–H and O–H groups in total. The number of allylic oxidation sites excluding steroid dienone is 2. The van der Waals surface area contributed by atoms with Crippen molar-refractivity contribution in [3.8, 4) is 0 Å². The zero-order chi connectivity index (χ0) is 8.15. The van der Waals surface area contributed by atoms with Crippen LogP contribution in [0.4, 0.5) is 4.39 Å². The number of hydrogen-bond acceptors (Lipinski definition) is 1. The van der Waals surface area contributed by atoms with Crippen LogP contribution in [0.5, 0.6) is 0 Å². The number of methoxy groups -OCH3 is 1. The van der Waals surface area contributed by atoms with Crippen LogP contribution in [0, 0.1) is 5.92 Å². The fourth-order valence-corrected chi connectivity index (χ4v) is 0.647. The second-order valence-electron chi connectivity index (χ2n) is 2.29. The molecular weight excluding hydrogens is 131 g/mol. The maximum absolute atomic E-state index is 12.2. The monoisotopic (exact) mass is 144 g/mol. The highest BCUT2D eigenvalue weighted by atomic mass is 19.1. The minimum atomic E-state index is -0.328. The molecule has 1 atom stereocenters. The molecule has 0 rings (SSSR count). The summed E-state index contributed by atoms with van der Waals surface area (Å²) < 4.78 is 17.0. The van der Waals surface area contributed by atoms with Gasteiger partial charge in [0, 0.05) is 12.3 Å². The average molecular weight is 144 g/mol. The molecule has 0 fully saturated rings. The Hall–Kier alpha value is -0.790. The molecule has 1 unspecified atom stereocenters. The van der Waals surface area contributed by atoms with Crippen LogP contribution >= 0.6 is 0 Å². The smallest absolute Gasteiger partial charge is 0.0935 e. The fourth-order valence-electron chi connectivity index (χ4n) is 0.647. The Morgan fingerprint density at radius 3 is 2.40 bits per heavy atom. The van der Waals surface area contributed by atoms with Crippen LogP contribution in [-0.4, -0.2) is 7.11 Å². The second kappa shape index (κ2) is 4.09. The summed E-state index contributed by atoms with van der Waals surface area (Å²) in [6, 6.07) is 0. The van der Waals surface area contributed by atoms with E-state index >= 15 is 0 Å². The number of rotatable bonds is 4. The van der Waals surface area contributed by atoms with Gasteiger partial charge in [-0.3, -0.25) is 0 Å². The SMILES string of the molecule is C=C(F)CC(C)C(=C)OC. The topological polar surface area (TPSA) is 9.23 Å². The number of hydrogen-bond donors (Lipinski definition) is 0. The van der Waals surface area contributed by atoms with Gasteiger partial charge in [-0.15, -0.1) is 0 Å². The summed E-state index contributed by atoms with van der Waals surface area (Å²) in [6.07, 6.45) is 0.298. The first kappa shape index (κ1) is 9.21. The molecule has 0 aromatic rings. The van der Waals surface area contributed by atoms with Crippen molar-refractivity contribution in [1.82, 2.24) is 0 Å². The lowest BCUT2D eigenvalue weighted by molar-refractivity contribution is 0.245. The van der Waals surface area contributed by atoms with Crippen LogP contribution < -0.4 is 0 Å². The molecular formula is C8H13FO. The maximum Gasteiger partial charge on any atom is 0.0935 e. The van der Waals surface area contributed by atoms with E-state index in [4.69, 9.17) is 4.74 Å². The fraction of sp³-hybridized carbons (Fsp3) is 0.500. The molecule has 0 aliphatic carbocycles. The molecule has 1 nitrogen and oxygen atoms in total. The van der Waals surface area contributed by atoms with E-state index in [0.29, 0.717) is 12.2 Å². The molecule has 0 aliphatic heterocycles. The largest absolute Gasteiger partial charge is 0.501 e. The van der Waals surface area contributed by atoms with Crippen molar-refractivity contribution >= 4 is 0 Å². The molecule has 0 aliphatic rings. The minimum absolute atomic E-state index is 0.0162. The zero-order valence-electron chi connectivity index (χ0n) is 6.48. The first-order valence-electron chi connectivity index (χ1n) is 3.14. The number of halogens is 1. The highest BCUT2D eigenvalue weighted by molar-refractivity contribution is 4.95. The molecule has 0 amide bonds. The van der Waals surface area contributed by atoms with Crippen LogP contribution in [0.25, 0.3) is 0 Å². The van der Waals surface area contributed by atoms with E-state index in [-0.39, 0.29) is 11.7 Å². The summed E-state index contributed by atoms with van der Waals surface area (Å²) in [5.41, 5.74) is 0. The zero-order valence-corrected chi connectivity index (χ0v) is 6.48. The van der Waals surface area contributed by atoms with Gasteiger partial charge in [-0.25, -0.2) is 4.39 Å². The van der Waals surface area contributed by atoms with Gasteiger partial charge in [-0.1, -0.05) is 20.1 Å². The summed E-state index contributed by atoms with van der Waals surface area (Å²) in [5.74, 6) is 0.284. The Kier molecular flexibility index (Phi) is 3.77. The van der Waals surface area contributed by atoms with E-state index in [1.165, 1.54) is 7.11 Å². The van der Waals surface area contributed by atoms with Crippen LogP contribution in [0.2, 0.25) is 0 Å². The molecule has 2 heteroatoms. The van der Waals surface area contributed by atoms with Crippen LogP contribution in [-0.2, 0) is 4.74 Å². The van der Waals surface area contributed by atoms with Crippen molar-refractivity contribution in [1.29, 1.82) is 0 Å². The Morgan fingerprint density at radius 1 is 1.60 bits per heavy atom. The Labute approximate surface area is 61.2 Å². The molecule has 0 aromatic carbocycles. The number of ether oxygens (including phenoxy) is 1. The van der Waals surface area contributed by atoms with Crippen molar-refractivity contribution in [2.45, 2.75) is 13.3 Å². The van der Waals surface area contributed by atoms with Gasteiger partial charge in [0.2, 0.25) is 0 Å². The molecule has 0 spiro atoms. The van der Waals surface area contributed by atoms with Gasteiger partial charge in [-0.05, 0) is 0 Å². The van der Waals surface area contributed by atoms with E-state index in [0.717, 1.165) is 0 Å². The lowest BCUT2D eigenvalue weighted by Crippen LogP contribution is -1.99. The Morgan fingerprint density at radius 2 is 2.10 bits per heavy atom. The third kappa shape index (κ3) is 3.28.